The third-order valence-electron chi connectivity index (χ3n) is 2.57. The minimum atomic E-state index is 0.925. The van der Waals surface area contributed by atoms with Gasteiger partial charge in [0.05, 0.1) is 11.4 Å². The number of nitrogens with zero attached hydrogens (tertiary/aromatic N) is 2. The first-order chi connectivity index (χ1) is 6.88. The third-order valence-corrected chi connectivity index (χ3v) is 2.57. The molecule has 1 saturated heterocycles. The minimum Gasteiger partial charge on any atom is -0.324 e. The van der Waals surface area contributed by atoms with Crippen molar-refractivity contribution in [2.24, 2.45) is 5.84 Å². The number of anilines is 1. The Bertz CT molecular complexity index is 294. The molecule has 0 bridgehead atoms. The van der Waals surface area contributed by atoms with Gasteiger partial charge in [0.15, 0.2) is 0 Å². The number of pyridine rings is 1. The topological polar surface area (TPSA) is 54.2 Å². The standard InChI is InChI=1S/C10H16N4/c11-13-9-3-4-12-10(7-9)8-14-5-1-2-6-14/h3-4,7H,1-2,5-6,8,11H2,(H,12,13). The van der Waals surface area contributed by atoms with Gasteiger partial charge in [0, 0.05) is 12.7 Å². The van der Waals surface area contributed by atoms with Crippen molar-refractivity contribution in [1.82, 2.24) is 9.88 Å². The van der Waals surface area contributed by atoms with Crippen molar-refractivity contribution in [3.8, 4) is 0 Å². The van der Waals surface area contributed by atoms with Gasteiger partial charge in [-0.25, -0.2) is 0 Å². The van der Waals surface area contributed by atoms with E-state index in [0.717, 1.165) is 17.9 Å². The molecule has 3 N–H and O–H groups in total. The van der Waals surface area contributed by atoms with E-state index in [9.17, 15) is 0 Å². The van der Waals surface area contributed by atoms with E-state index in [2.05, 4.69) is 15.3 Å². The number of likely N-dealkylation sites (tertiary alicyclic amines) is 1. The smallest absolute Gasteiger partial charge is 0.0564 e. The summed E-state index contributed by atoms with van der Waals surface area (Å²) in [6, 6.07) is 3.87. The van der Waals surface area contributed by atoms with E-state index in [-0.39, 0.29) is 0 Å². The van der Waals surface area contributed by atoms with Crippen molar-refractivity contribution in [3.63, 3.8) is 0 Å². The summed E-state index contributed by atoms with van der Waals surface area (Å²) in [5, 5.41) is 0. The molecule has 1 aromatic heterocycles. The molecule has 2 heterocycles. The predicted molar refractivity (Wildman–Crippen MR) is 56.6 cm³/mol. The second-order valence-corrected chi connectivity index (χ2v) is 3.66. The lowest BCUT2D eigenvalue weighted by Crippen LogP contribution is -2.19. The maximum Gasteiger partial charge on any atom is 0.0564 e. The molecule has 14 heavy (non-hydrogen) atoms. The lowest BCUT2D eigenvalue weighted by atomic mass is 10.3. The Kier molecular flexibility index (Phi) is 2.96. The Morgan fingerprint density at radius 1 is 1.43 bits per heavy atom. The molecule has 4 nitrogen and oxygen atoms in total. The Labute approximate surface area is 84.1 Å². The van der Waals surface area contributed by atoms with Gasteiger partial charge in [-0.15, -0.1) is 0 Å². The molecule has 1 aliphatic rings. The van der Waals surface area contributed by atoms with Crippen LogP contribution in [-0.4, -0.2) is 23.0 Å². The molecule has 0 unspecified atom stereocenters. The predicted octanol–water partition coefficient (Wildman–Crippen LogP) is 0.963. The number of hydrazine groups is 1. The zero-order valence-electron chi connectivity index (χ0n) is 8.24. The molecule has 0 saturated carbocycles. The van der Waals surface area contributed by atoms with Gasteiger partial charge in [-0.05, 0) is 38.1 Å². The fourth-order valence-electron chi connectivity index (χ4n) is 1.82. The van der Waals surface area contributed by atoms with E-state index >= 15 is 0 Å². The first kappa shape index (κ1) is 9.43. The van der Waals surface area contributed by atoms with Crippen LogP contribution >= 0.6 is 0 Å². The van der Waals surface area contributed by atoms with E-state index < -0.39 is 0 Å². The molecule has 1 aliphatic heterocycles. The molecule has 0 amide bonds. The van der Waals surface area contributed by atoms with Gasteiger partial charge >= 0.3 is 0 Å². The molecule has 2 rings (SSSR count). The summed E-state index contributed by atoms with van der Waals surface area (Å²) in [4.78, 5) is 6.73. The van der Waals surface area contributed by atoms with Gasteiger partial charge in [-0.1, -0.05) is 0 Å². The molecule has 0 atom stereocenters. The maximum absolute atomic E-state index is 5.34. The molecule has 0 aliphatic carbocycles. The average Bonchev–Trinajstić information content (AvgIpc) is 2.71. The van der Waals surface area contributed by atoms with Crippen LogP contribution in [0.25, 0.3) is 0 Å². The Morgan fingerprint density at radius 2 is 2.21 bits per heavy atom. The van der Waals surface area contributed by atoms with Crippen molar-refractivity contribution in [2.75, 3.05) is 18.5 Å². The van der Waals surface area contributed by atoms with Crippen LogP contribution in [0.1, 0.15) is 18.5 Å². The molecule has 0 radical (unpaired) electrons. The summed E-state index contributed by atoms with van der Waals surface area (Å²) in [6.07, 6.45) is 4.42. The number of aromatic nitrogens is 1. The zero-order valence-corrected chi connectivity index (χ0v) is 8.24. The van der Waals surface area contributed by atoms with Crippen molar-refractivity contribution in [3.05, 3.63) is 24.0 Å². The fourth-order valence-corrected chi connectivity index (χ4v) is 1.82. The fraction of sp³-hybridized carbons (Fsp3) is 0.500. The van der Waals surface area contributed by atoms with Gasteiger partial charge in [-0.3, -0.25) is 15.7 Å². The molecule has 1 aromatic rings. The molecule has 0 aromatic carbocycles. The van der Waals surface area contributed by atoms with Gasteiger partial charge in [0.25, 0.3) is 0 Å². The summed E-state index contributed by atoms with van der Waals surface area (Å²) in [5.41, 5.74) is 4.64. The third kappa shape index (κ3) is 2.21. The Balaban J connectivity index is 2.00. The monoisotopic (exact) mass is 192 g/mol. The Hall–Kier alpha value is -1.13. The molecular weight excluding hydrogens is 176 g/mol. The van der Waals surface area contributed by atoms with Crippen LogP contribution in [0, 0.1) is 0 Å². The number of hydrogen-bond donors (Lipinski definition) is 2. The molecule has 76 valence electrons. The van der Waals surface area contributed by atoms with Crippen LogP contribution in [0.15, 0.2) is 18.3 Å². The number of nitrogens with one attached hydrogen (secondary N) is 1. The molecule has 0 spiro atoms. The van der Waals surface area contributed by atoms with E-state index in [1.807, 2.05) is 12.1 Å². The second-order valence-electron chi connectivity index (χ2n) is 3.66. The van der Waals surface area contributed by atoms with Crippen molar-refractivity contribution in [1.29, 1.82) is 0 Å². The van der Waals surface area contributed by atoms with E-state index in [4.69, 9.17) is 5.84 Å². The van der Waals surface area contributed by atoms with Gasteiger partial charge in [0.2, 0.25) is 0 Å². The number of hydrogen-bond acceptors (Lipinski definition) is 4. The molecule has 4 heteroatoms. The van der Waals surface area contributed by atoms with Crippen LogP contribution in [0.5, 0.6) is 0 Å². The van der Waals surface area contributed by atoms with E-state index in [1.165, 1.54) is 25.9 Å². The summed E-state index contributed by atoms with van der Waals surface area (Å²) in [7, 11) is 0. The lowest BCUT2D eigenvalue weighted by Gasteiger charge is -2.13. The normalized spacial score (nSPS) is 17.2. The number of nitrogen functional groups attached to an aromatic ring is 1. The zero-order chi connectivity index (χ0) is 9.80. The largest absolute Gasteiger partial charge is 0.324 e. The first-order valence-corrected chi connectivity index (χ1v) is 5.02. The first-order valence-electron chi connectivity index (χ1n) is 5.02. The van der Waals surface area contributed by atoms with Gasteiger partial charge < -0.3 is 5.43 Å². The quantitative estimate of drug-likeness (QED) is 0.553. The highest BCUT2D eigenvalue weighted by atomic mass is 15.2. The van der Waals surface area contributed by atoms with Crippen molar-refractivity contribution >= 4 is 5.69 Å². The lowest BCUT2D eigenvalue weighted by molar-refractivity contribution is 0.327. The van der Waals surface area contributed by atoms with Crippen LogP contribution < -0.4 is 11.3 Å². The van der Waals surface area contributed by atoms with Gasteiger partial charge in [0.1, 0.15) is 0 Å². The maximum atomic E-state index is 5.34. The number of rotatable bonds is 3. The van der Waals surface area contributed by atoms with Gasteiger partial charge in [-0.2, -0.15) is 0 Å². The van der Waals surface area contributed by atoms with Crippen LogP contribution in [0.3, 0.4) is 0 Å². The van der Waals surface area contributed by atoms with Crippen LogP contribution in [-0.2, 0) is 6.54 Å². The summed E-state index contributed by atoms with van der Waals surface area (Å²) < 4.78 is 0. The van der Waals surface area contributed by atoms with Crippen LogP contribution in [0.4, 0.5) is 5.69 Å². The Morgan fingerprint density at radius 3 is 2.93 bits per heavy atom. The number of nitrogens with two attached hydrogens (primary N) is 1. The summed E-state index contributed by atoms with van der Waals surface area (Å²) >= 11 is 0. The average molecular weight is 192 g/mol. The van der Waals surface area contributed by atoms with Crippen molar-refractivity contribution in [2.45, 2.75) is 19.4 Å². The van der Waals surface area contributed by atoms with Crippen molar-refractivity contribution < 1.29 is 0 Å². The van der Waals surface area contributed by atoms with Crippen LogP contribution in [0.2, 0.25) is 0 Å². The van der Waals surface area contributed by atoms with E-state index in [1.54, 1.807) is 6.20 Å². The summed E-state index contributed by atoms with van der Waals surface area (Å²) in [6.45, 7) is 3.33. The minimum absolute atomic E-state index is 0.925. The SMILES string of the molecule is NNc1ccnc(CN2CCCC2)c1. The second kappa shape index (κ2) is 4.39. The van der Waals surface area contributed by atoms with E-state index in [0.29, 0.717) is 0 Å². The highest BCUT2D eigenvalue weighted by Crippen LogP contribution is 2.13. The molecule has 1 fully saturated rings. The highest BCUT2D eigenvalue weighted by Gasteiger charge is 2.12. The molecular formula is C10H16N4. The highest BCUT2D eigenvalue weighted by molar-refractivity contribution is 5.41. The summed E-state index contributed by atoms with van der Waals surface area (Å²) in [5.74, 6) is 5.34.